The summed E-state index contributed by atoms with van der Waals surface area (Å²) in [6.07, 6.45) is -1.06. The molecule has 1 unspecified atom stereocenters. The third-order valence-corrected chi connectivity index (χ3v) is 4.90. The molecular weight excluding hydrogens is 371 g/mol. The number of carbonyl (C=O) groups is 2. The number of alkyl halides is 1. The van der Waals surface area contributed by atoms with Gasteiger partial charge in [-0.1, -0.05) is 11.3 Å². The Morgan fingerprint density at radius 1 is 1.52 bits per heavy atom. The summed E-state index contributed by atoms with van der Waals surface area (Å²) in [6, 6.07) is 4.40. The predicted octanol–water partition coefficient (Wildman–Crippen LogP) is 2.54. The minimum Gasteiger partial charge on any atom is -0.442 e. The molecule has 7 nitrogen and oxygen atoms in total. The molecule has 132 valence electrons. The van der Waals surface area contributed by atoms with Crippen molar-refractivity contribution in [2.75, 3.05) is 18.0 Å². The van der Waals surface area contributed by atoms with Crippen molar-refractivity contribution < 1.29 is 18.7 Å². The normalized spacial score (nSPS) is 16.8. The van der Waals surface area contributed by atoms with Gasteiger partial charge in [-0.05, 0) is 18.2 Å². The highest BCUT2D eigenvalue weighted by Gasteiger charge is 2.32. The maximum absolute atomic E-state index is 14.5. The summed E-state index contributed by atoms with van der Waals surface area (Å²) < 4.78 is 19.6. The Bertz CT molecular complexity index is 816. The number of hydrogen-bond donors (Lipinski definition) is 1. The topological polar surface area (TPSA) is 84.4 Å². The van der Waals surface area contributed by atoms with E-state index in [1.165, 1.54) is 35.3 Å². The van der Waals surface area contributed by atoms with Crippen molar-refractivity contribution in [3.8, 4) is 10.6 Å². The smallest absolute Gasteiger partial charge is 0.414 e. The first-order chi connectivity index (χ1) is 12.0. The average Bonchev–Trinajstić information content (AvgIpc) is 3.19. The molecule has 2 heterocycles. The van der Waals surface area contributed by atoms with Crippen LogP contribution in [0.1, 0.15) is 11.9 Å². The molecule has 0 saturated carbocycles. The molecule has 10 heteroatoms. The standard InChI is InChI=1S/C15H14ClFN4O3S/c1-8(22)18-6-10-7-21(15(23)24-10)9-2-3-11(12(17)4-9)14-20-19-13(5-16)25-14/h2-4,10H,5-7H2,1H3,(H,18,22). The van der Waals surface area contributed by atoms with Gasteiger partial charge in [0.15, 0.2) is 5.01 Å². The first-order valence-corrected chi connectivity index (χ1v) is 8.74. The van der Waals surface area contributed by atoms with Gasteiger partial charge in [0.05, 0.1) is 24.7 Å². The maximum Gasteiger partial charge on any atom is 0.414 e. The van der Waals surface area contributed by atoms with E-state index in [1.54, 1.807) is 6.07 Å². The van der Waals surface area contributed by atoms with Gasteiger partial charge >= 0.3 is 6.09 Å². The van der Waals surface area contributed by atoms with E-state index in [0.29, 0.717) is 21.3 Å². The van der Waals surface area contributed by atoms with Gasteiger partial charge in [-0.15, -0.1) is 21.8 Å². The Morgan fingerprint density at radius 3 is 2.96 bits per heavy atom. The summed E-state index contributed by atoms with van der Waals surface area (Å²) in [5.41, 5.74) is 0.665. The molecule has 3 rings (SSSR count). The maximum atomic E-state index is 14.5. The number of halogens is 2. The lowest BCUT2D eigenvalue weighted by molar-refractivity contribution is -0.119. The third kappa shape index (κ3) is 3.88. The molecule has 0 aliphatic carbocycles. The van der Waals surface area contributed by atoms with E-state index in [0.717, 1.165) is 0 Å². The fourth-order valence-corrected chi connectivity index (χ4v) is 3.29. The van der Waals surface area contributed by atoms with Gasteiger partial charge in [-0.25, -0.2) is 9.18 Å². The molecule has 0 bridgehead atoms. The highest BCUT2D eigenvalue weighted by Crippen LogP contribution is 2.31. The number of ether oxygens (including phenoxy) is 1. The van der Waals surface area contributed by atoms with Crippen LogP contribution in [0.15, 0.2) is 18.2 Å². The number of benzene rings is 1. The molecule has 2 amide bonds. The average molecular weight is 385 g/mol. The molecule has 1 fully saturated rings. The number of anilines is 1. The molecule has 25 heavy (non-hydrogen) atoms. The quantitative estimate of drug-likeness (QED) is 0.801. The fraction of sp³-hybridized carbons (Fsp3) is 0.333. The van der Waals surface area contributed by atoms with Crippen LogP contribution >= 0.6 is 22.9 Å². The lowest BCUT2D eigenvalue weighted by Crippen LogP contribution is -2.33. The Morgan fingerprint density at radius 2 is 2.32 bits per heavy atom. The van der Waals surface area contributed by atoms with Gasteiger partial charge in [0.25, 0.3) is 0 Å². The van der Waals surface area contributed by atoms with Crippen LogP contribution in [0, 0.1) is 5.82 Å². The first-order valence-electron chi connectivity index (χ1n) is 7.38. The minimum absolute atomic E-state index is 0.210. The van der Waals surface area contributed by atoms with Gasteiger partial charge in [-0.2, -0.15) is 0 Å². The molecule has 1 aliphatic rings. The number of aromatic nitrogens is 2. The zero-order valence-electron chi connectivity index (χ0n) is 13.2. The Kier molecular flexibility index (Phi) is 5.14. The number of cyclic esters (lactones) is 1. The molecule has 1 N–H and O–H groups in total. The Hall–Kier alpha value is -2.26. The van der Waals surface area contributed by atoms with E-state index < -0.39 is 18.0 Å². The van der Waals surface area contributed by atoms with Gasteiger partial charge in [0.2, 0.25) is 5.91 Å². The first kappa shape index (κ1) is 17.6. The molecular formula is C15H14ClFN4O3S. The Balaban J connectivity index is 1.76. The molecule has 1 atom stereocenters. The van der Waals surface area contributed by atoms with Crippen LogP contribution in [0.4, 0.5) is 14.9 Å². The lowest BCUT2D eigenvalue weighted by atomic mass is 10.2. The molecule has 0 spiro atoms. The molecule has 1 aliphatic heterocycles. The van der Waals surface area contributed by atoms with Crippen molar-refractivity contribution >= 4 is 40.6 Å². The number of nitrogens with zero attached hydrogens (tertiary/aromatic N) is 3. The number of nitrogens with one attached hydrogen (secondary N) is 1. The van der Waals surface area contributed by atoms with Gasteiger partial charge in [-0.3, -0.25) is 9.69 Å². The van der Waals surface area contributed by atoms with Crippen molar-refractivity contribution in [1.29, 1.82) is 0 Å². The number of hydrogen-bond acceptors (Lipinski definition) is 6. The second kappa shape index (κ2) is 7.32. The zero-order valence-corrected chi connectivity index (χ0v) is 14.7. The number of amides is 2. The second-order valence-corrected chi connectivity index (χ2v) is 6.68. The predicted molar refractivity (Wildman–Crippen MR) is 91.2 cm³/mol. The van der Waals surface area contributed by atoms with Crippen molar-refractivity contribution in [3.63, 3.8) is 0 Å². The van der Waals surface area contributed by atoms with Crippen LogP contribution in [-0.2, 0) is 15.4 Å². The lowest BCUT2D eigenvalue weighted by Gasteiger charge is -2.14. The monoisotopic (exact) mass is 384 g/mol. The van der Waals surface area contributed by atoms with Crippen LogP contribution in [0.25, 0.3) is 10.6 Å². The van der Waals surface area contributed by atoms with Crippen molar-refractivity contribution in [2.45, 2.75) is 18.9 Å². The largest absolute Gasteiger partial charge is 0.442 e. The van der Waals surface area contributed by atoms with E-state index in [9.17, 15) is 14.0 Å². The van der Waals surface area contributed by atoms with E-state index in [2.05, 4.69) is 15.5 Å². The van der Waals surface area contributed by atoms with Crippen molar-refractivity contribution in [1.82, 2.24) is 15.5 Å². The molecule has 1 aromatic heterocycles. The van der Waals surface area contributed by atoms with Crippen molar-refractivity contribution in [3.05, 3.63) is 29.0 Å². The van der Waals surface area contributed by atoms with Gasteiger partial charge in [0.1, 0.15) is 16.9 Å². The highest BCUT2D eigenvalue weighted by molar-refractivity contribution is 7.14. The summed E-state index contributed by atoms with van der Waals surface area (Å²) in [5.74, 6) is -0.515. The van der Waals surface area contributed by atoms with E-state index in [4.69, 9.17) is 16.3 Å². The third-order valence-electron chi connectivity index (χ3n) is 3.53. The zero-order chi connectivity index (χ0) is 18.0. The SMILES string of the molecule is CC(=O)NCC1CN(c2ccc(-c3nnc(CCl)s3)c(F)c2)C(=O)O1. The summed E-state index contributed by atoms with van der Waals surface area (Å²) in [4.78, 5) is 24.2. The van der Waals surface area contributed by atoms with Crippen LogP contribution in [0.3, 0.4) is 0 Å². The highest BCUT2D eigenvalue weighted by atomic mass is 35.5. The molecule has 1 aromatic carbocycles. The van der Waals surface area contributed by atoms with E-state index >= 15 is 0 Å². The van der Waals surface area contributed by atoms with Crippen LogP contribution in [0.5, 0.6) is 0 Å². The minimum atomic E-state index is -0.581. The summed E-state index contributed by atoms with van der Waals surface area (Å²) in [6.45, 7) is 1.82. The Labute approximate surface area is 151 Å². The summed E-state index contributed by atoms with van der Waals surface area (Å²) >= 11 is 6.89. The molecule has 2 aromatic rings. The molecule has 0 radical (unpaired) electrons. The van der Waals surface area contributed by atoms with Gasteiger partial charge < -0.3 is 10.1 Å². The fourth-order valence-electron chi connectivity index (χ4n) is 2.36. The second-order valence-electron chi connectivity index (χ2n) is 5.35. The van der Waals surface area contributed by atoms with E-state index in [-0.39, 0.29) is 24.9 Å². The molecule has 1 saturated heterocycles. The van der Waals surface area contributed by atoms with Gasteiger partial charge in [0, 0.05) is 12.5 Å². The van der Waals surface area contributed by atoms with Crippen molar-refractivity contribution in [2.24, 2.45) is 0 Å². The van der Waals surface area contributed by atoms with Crippen LogP contribution < -0.4 is 10.2 Å². The number of rotatable bonds is 5. The van der Waals surface area contributed by atoms with Crippen LogP contribution in [0.2, 0.25) is 0 Å². The van der Waals surface area contributed by atoms with E-state index in [1.807, 2.05) is 0 Å². The summed E-state index contributed by atoms with van der Waals surface area (Å²) in [7, 11) is 0. The van der Waals surface area contributed by atoms with Crippen LogP contribution in [-0.4, -0.2) is 41.4 Å². The number of carbonyl (C=O) groups excluding carboxylic acids is 2. The summed E-state index contributed by atoms with van der Waals surface area (Å²) in [5, 5.41) is 11.4.